The monoisotopic (exact) mass is 328 g/mol. The molecule has 0 aliphatic rings. The number of alkyl halides is 1. The molecule has 6 heteroatoms. The molecule has 1 aromatic rings. The first kappa shape index (κ1) is 15.6. The van der Waals surface area contributed by atoms with E-state index in [1.54, 1.807) is 13.0 Å². The lowest BCUT2D eigenvalue weighted by atomic mass is 10.0. The van der Waals surface area contributed by atoms with Crippen LogP contribution >= 0.6 is 15.9 Å². The number of halogens is 1. The Morgan fingerprint density at radius 3 is 2.58 bits per heavy atom. The predicted octanol–water partition coefficient (Wildman–Crippen LogP) is 3.05. The Labute approximate surface area is 120 Å². The lowest BCUT2D eigenvalue weighted by Gasteiger charge is -2.19. The number of nitrogens with zero attached hydrogens (tertiary/aromatic N) is 1. The van der Waals surface area contributed by atoms with Gasteiger partial charge in [-0.15, -0.1) is 0 Å². The van der Waals surface area contributed by atoms with Gasteiger partial charge >= 0.3 is 0 Å². The van der Waals surface area contributed by atoms with Crippen molar-refractivity contribution >= 4 is 27.5 Å². The molecule has 1 N–H and O–H groups in total. The van der Waals surface area contributed by atoms with Crippen LogP contribution in [0, 0.1) is 23.0 Å². The molecule has 2 unspecified atom stereocenters. The van der Waals surface area contributed by atoms with E-state index in [2.05, 4.69) is 21.2 Å². The molecule has 104 valence electrons. The van der Waals surface area contributed by atoms with Gasteiger partial charge in [0.25, 0.3) is 11.6 Å². The third-order valence-corrected chi connectivity index (χ3v) is 4.13. The number of benzene rings is 1. The molecule has 0 fully saturated rings. The quantitative estimate of drug-likeness (QED) is 0.513. The Morgan fingerprint density at radius 1 is 1.47 bits per heavy atom. The summed E-state index contributed by atoms with van der Waals surface area (Å²) in [6.07, 6.45) is 0. The second-order valence-corrected chi connectivity index (χ2v) is 5.30. The second-order valence-electron chi connectivity index (χ2n) is 4.65. The van der Waals surface area contributed by atoms with E-state index in [0.717, 1.165) is 5.33 Å². The minimum absolute atomic E-state index is 0.0263. The van der Waals surface area contributed by atoms with Crippen molar-refractivity contribution in [3.63, 3.8) is 0 Å². The van der Waals surface area contributed by atoms with Gasteiger partial charge in [-0.1, -0.05) is 22.9 Å². The molecule has 0 heterocycles. The van der Waals surface area contributed by atoms with Gasteiger partial charge in [0.1, 0.15) is 0 Å². The summed E-state index contributed by atoms with van der Waals surface area (Å²) in [5.74, 6) is 0.0985. The highest BCUT2D eigenvalue weighted by atomic mass is 79.9. The summed E-state index contributed by atoms with van der Waals surface area (Å²) in [6, 6.07) is 4.41. The Kier molecular flexibility index (Phi) is 5.47. The number of hydrogen-bond acceptors (Lipinski definition) is 3. The molecule has 19 heavy (non-hydrogen) atoms. The molecule has 0 aliphatic heterocycles. The first-order valence-corrected chi connectivity index (χ1v) is 7.10. The molecule has 1 aromatic carbocycles. The molecule has 0 saturated carbocycles. The lowest BCUT2D eigenvalue weighted by Crippen LogP contribution is -2.37. The Bertz CT molecular complexity index is 491. The molecule has 0 aromatic heterocycles. The van der Waals surface area contributed by atoms with Gasteiger partial charge in [-0.05, 0) is 31.9 Å². The first-order valence-electron chi connectivity index (χ1n) is 5.98. The van der Waals surface area contributed by atoms with E-state index in [4.69, 9.17) is 0 Å². The van der Waals surface area contributed by atoms with Crippen LogP contribution < -0.4 is 5.32 Å². The SMILES string of the molecule is Cc1cc(C(=O)NC(C)C(C)CBr)ccc1[N+](=O)[O-]. The highest BCUT2D eigenvalue weighted by molar-refractivity contribution is 9.09. The number of carbonyl (C=O) groups excluding carboxylic acids is 1. The van der Waals surface area contributed by atoms with Gasteiger partial charge in [0.05, 0.1) is 4.92 Å². The summed E-state index contributed by atoms with van der Waals surface area (Å²) >= 11 is 3.37. The highest BCUT2D eigenvalue weighted by Gasteiger charge is 2.17. The van der Waals surface area contributed by atoms with Gasteiger partial charge in [-0.25, -0.2) is 0 Å². The molecular formula is C13H17BrN2O3. The van der Waals surface area contributed by atoms with Crippen LogP contribution in [0.3, 0.4) is 0 Å². The topological polar surface area (TPSA) is 72.2 Å². The van der Waals surface area contributed by atoms with Crippen molar-refractivity contribution in [1.82, 2.24) is 5.32 Å². The average molecular weight is 329 g/mol. The van der Waals surface area contributed by atoms with Crippen LogP contribution in [0.4, 0.5) is 5.69 Å². The zero-order valence-corrected chi connectivity index (χ0v) is 12.7. The molecule has 2 atom stereocenters. The molecule has 0 bridgehead atoms. The molecule has 0 spiro atoms. The van der Waals surface area contributed by atoms with Gasteiger partial charge < -0.3 is 5.32 Å². The van der Waals surface area contributed by atoms with Crippen molar-refractivity contribution in [1.29, 1.82) is 0 Å². The fraction of sp³-hybridized carbons (Fsp3) is 0.462. The second kappa shape index (κ2) is 6.65. The number of carbonyl (C=O) groups is 1. The summed E-state index contributed by atoms with van der Waals surface area (Å²) in [7, 11) is 0. The van der Waals surface area contributed by atoms with Gasteiger partial charge in [0.2, 0.25) is 0 Å². The maximum Gasteiger partial charge on any atom is 0.272 e. The van der Waals surface area contributed by atoms with Crippen molar-refractivity contribution in [2.75, 3.05) is 5.33 Å². The van der Waals surface area contributed by atoms with Gasteiger partial charge in [0.15, 0.2) is 0 Å². The molecule has 0 aliphatic carbocycles. The lowest BCUT2D eigenvalue weighted by molar-refractivity contribution is -0.385. The van der Waals surface area contributed by atoms with Crippen LogP contribution in [0.1, 0.15) is 29.8 Å². The van der Waals surface area contributed by atoms with Crippen LogP contribution in [0.2, 0.25) is 0 Å². The number of amides is 1. The van der Waals surface area contributed by atoms with E-state index < -0.39 is 4.92 Å². The number of nitro benzene ring substituents is 1. The van der Waals surface area contributed by atoms with Crippen LogP contribution in [0.5, 0.6) is 0 Å². The standard InChI is InChI=1S/C13H17BrN2O3/c1-8-6-11(4-5-12(8)16(18)19)13(17)15-10(3)9(2)7-14/h4-6,9-10H,7H2,1-3H3,(H,15,17). The normalized spacial score (nSPS) is 13.7. The number of hydrogen-bond donors (Lipinski definition) is 1. The van der Waals surface area contributed by atoms with E-state index in [1.165, 1.54) is 12.1 Å². The largest absolute Gasteiger partial charge is 0.349 e. The Balaban J connectivity index is 2.84. The van der Waals surface area contributed by atoms with Crippen LogP contribution in [-0.2, 0) is 0 Å². The van der Waals surface area contributed by atoms with Crippen LogP contribution in [0.25, 0.3) is 0 Å². The fourth-order valence-electron chi connectivity index (χ4n) is 1.57. The summed E-state index contributed by atoms with van der Waals surface area (Å²) in [6.45, 7) is 5.59. The fourth-order valence-corrected chi connectivity index (χ4v) is 2.13. The molecule has 1 amide bonds. The minimum Gasteiger partial charge on any atom is -0.349 e. The maximum absolute atomic E-state index is 12.0. The van der Waals surface area contributed by atoms with Crippen molar-refractivity contribution in [3.05, 3.63) is 39.4 Å². The van der Waals surface area contributed by atoms with E-state index in [-0.39, 0.29) is 17.6 Å². The maximum atomic E-state index is 12.0. The van der Waals surface area contributed by atoms with Crippen LogP contribution in [-0.4, -0.2) is 22.2 Å². The van der Waals surface area contributed by atoms with Gasteiger partial charge in [0, 0.05) is 28.6 Å². The van der Waals surface area contributed by atoms with Crippen LogP contribution in [0.15, 0.2) is 18.2 Å². The van der Waals surface area contributed by atoms with Crippen molar-refractivity contribution in [2.45, 2.75) is 26.8 Å². The Morgan fingerprint density at radius 2 is 2.11 bits per heavy atom. The predicted molar refractivity (Wildman–Crippen MR) is 77.7 cm³/mol. The summed E-state index contributed by atoms with van der Waals surface area (Å²) in [5, 5.41) is 14.4. The number of nitrogens with one attached hydrogen (secondary N) is 1. The third-order valence-electron chi connectivity index (χ3n) is 3.11. The molecule has 0 radical (unpaired) electrons. The van der Waals surface area contributed by atoms with Gasteiger partial charge in [-0.2, -0.15) is 0 Å². The smallest absolute Gasteiger partial charge is 0.272 e. The number of rotatable bonds is 5. The number of aryl methyl sites for hydroxylation is 1. The summed E-state index contributed by atoms with van der Waals surface area (Å²) in [4.78, 5) is 22.3. The first-order chi connectivity index (χ1) is 8.86. The van der Waals surface area contributed by atoms with Crippen molar-refractivity contribution < 1.29 is 9.72 Å². The zero-order valence-electron chi connectivity index (χ0n) is 11.1. The van der Waals surface area contributed by atoms with Gasteiger partial charge in [-0.3, -0.25) is 14.9 Å². The molecule has 1 rings (SSSR count). The average Bonchev–Trinajstić information content (AvgIpc) is 2.36. The summed E-state index contributed by atoms with van der Waals surface area (Å²) in [5.41, 5.74) is 0.953. The minimum atomic E-state index is -0.452. The van der Waals surface area contributed by atoms with E-state index in [0.29, 0.717) is 17.0 Å². The van der Waals surface area contributed by atoms with E-state index >= 15 is 0 Å². The number of nitro groups is 1. The molecular weight excluding hydrogens is 312 g/mol. The van der Waals surface area contributed by atoms with E-state index in [1.807, 2.05) is 13.8 Å². The molecule has 0 saturated heterocycles. The summed E-state index contributed by atoms with van der Waals surface area (Å²) < 4.78 is 0. The van der Waals surface area contributed by atoms with Crippen molar-refractivity contribution in [2.24, 2.45) is 5.92 Å². The van der Waals surface area contributed by atoms with E-state index in [9.17, 15) is 14.9 Å². The molecule has 5 nitrogen and oxygen atoms in total. The van der Waals surface area contributed by atoms with Crippen molar-refractivity contribution in [3.8, 4) is 0 Å². The zero-order chi connectivity index (χ0) is 14.6. The Hall–Kier alpha value is -1.43. The third kappa shape index (κ3) is 4.02. The highest BCUT2D eigenvalue weighted by Crippen LogP contribution is 2.19.